The molecule has 3 heterocycles. The number of nitrogens with one attached hydrogen (secondary N) is 2. The largest absolute Gasteiger partial charge is 0.481 e. The van der Waals surface area contributed by atoms with Crippen LogP contribution in [0.5, 0.6) is 0 Å². The number of carbonyl (C=O) groups excluding carboxylic acids is 1. The number of ether oxygens (including phenoxy) is 2. The van der Waals surface area contributed by atoms with Gasteiger partial charge in [-0.25, -0.2) is 9.97 Å². The number of amides is 1. The van der Waals surface area contributed by atoms with Crippen molar-refractivity contribution in [1.29, 1.82) is 0 Å². The number of anilines is 1. The van der Waals surface area contributed by atoms with E-state index >= 15 is 0 Å². The molecule has 3 rings (SSSR count). The van der Waals surface area contributed by atoms with Crippen LogP contribution in [0, 0.1) is 0 Å². The molecule has 0 aliphatic carbocycles. The third-order valence-electron chi connectivity index (χ3n) is 4.60. The summed E-state index contributed by atoms with van der Waals surface area (Å²) in [4.78, 5) is 31.4. The van der Waals surface area contributed by atoms with Crippen molar-refractivity contribution in [3.63, 3.8) is 0 Å². The quantitative estimate of drug-likeness (QED) is 0.595. The topological polar surface area (TPSA) is 123 Å². The summed E-state index contributed by atoms with van der Waals surface area (Å²) in [5.74, 6) is -0.635. The average Bonchev–Trinajstić information content (AvgIpc) is 3.18. The zero-order chi connectivity index (χ0) is 20.3. The molecule has 1 aromatic rings. The second-order valence-corrected chi connectivity index (χ2v) is 8.91. The van der Waals surface area contributed by atoms with Crippen molar-refractivity contribution >= 4 is 29.6 Å². The first-order chi connectivity index (χ1) is 13.2. The lowest BCUT2D eigenvalue weighted by Gasteiger charge is -2.21. The van der Waals surface area contributed by atoms with Crippen molar-refractivity contribution in [1.82, 2.24) is 15.3 Å². The number of hydrogen-bond donors (Lipinski definition) is 3. The zero-order valence-corrected chi connectivity index (χ0v) is 17.0. The Balaban J connectivity index is 1.54. The number of carbonyl (C=O) groups is 2. The molecule has 154 valence electrons. The number of carboxylic acid groups (broad SMARTS) is 1. The van der Waals surface area contributed by atoms with Gasteiger partial charge in [0.15, 0.2) is 0 Å². The van der Waals surface area contributed by atoms with Gasteiger partial charge in [-0.2, -0.15) is 0 Å². The van der Waals surface area contributed by atoms with E-state index in [2.05, 4.69) is 41.4 Å². The molecular weight excluding hydrogens is 384 g/mol. The summed E-state index contributed by atoms with van der Waals surface area (Å²) in [7, 11) is 0. The monoisotopic (exact) mass is 410 g/mol. The standard InChI is InChI=1S/C18H26N4O5S/c1-18(2,3)12-4-5-19-17(22-12)21-11-7-27-15-10(6-26-16(11)15)20-13(23)8-28-9-14(24)25/h4-5,10-11,15-16H,6-9H2,1-3H3,(H,20,23)(H,24,25)(H,19,21,22)/t10-,11-,15+,16+/m0/s1. The van der Waals surface area contributed by atoms with Crippen molar-refractivity contribution in [3.8, 4) is 0 Å². The summed E-state index contributed by atoms with van der Waals surface area (Å²) in [5, 5.41) is 14.8. The first-order valence-corrected chi connectivity index (χ1v) is 10.3. The fourth-order valence-electron chi connectivity index (χ4n) is 3.24. The van der Waals surface area contributed by atoms with Crippen LogP contribution in [0.15, 0.2) is 12.3 Å². The highest BCUT2D eigenvalue weighted by Crippen LogP contribution is 2.29. The van der Waals surface area contributed by atoms with E-state index in [0.29, 0.717) is 19.2 Å². The lowest BCUT2D eigenvalue weighted by atomic mass is 9.92. The summed E-state index contributed by atoms with van der Waals surface area (Å²) < 4.78 is 11.7. The molecular formula is C18H26N4O5S. The maximum absolute atomic E-state index is 12.0. The second kappa shape index (κ2) is 8.62. The van der Waals surface area contributed by atoms with Gasteiger partial charge in [-0.1, -0.05) is 20.8 Å². The normalized spacial score (nSPS) is 26.7. The maximum Gasteiger partial charge on any atom is 0.313 e. The van der Waals surface area contributed by atoms with Gasteiger partial charge in [0.25, 0.3) is 0 Å². The summed E-state index contributed by atoms with van der Waals surface area (Å²) in [6.45, 7) is 7.06. The van der Waals surface area contributed by atoms with Gasteiger partial charge < -0.3 is 25.2 Å². The molecule has 3 N–H and O–H groups in total. The predicted molar refractivity (Wildman–Crippen MR) is 105 cm³/mol. The van der Waals surface area contributed by atoms with Gasteiger partial charge in [0, 0.05) is 11.6 Å². The number of fused-ring (bicyclic) bond motifs is 1. The summed E-state index contributed by atoms with van der Waals surface area (Å²) in [6, 6.07) is 1.54. The van der Waals surface area contributed by atoms with Gasteiger partial charge in [0.2, 0.25) is 11.9 Å². The summed E-state index contributed by atoms with van der Waals surface area (Å²) in [5.41, 5.74) is 0.864. The Morgan fingerprint density at radius 2 is 1.89 bits per heavy atom. The van der Waals surface area contributed by atoms with E-state index in [9.17, 15) is 9.59 Å². The molecule has 9 nitrogen and oxygen atoms in total. The van der Waals surface area contributed by atoms with Gasteiger partial charge in [-0.3, -0.25) is 9.59 Å². The second-order valence-electron chi connectivity index (χ2n) is 7.92. The molecule has 0 aromatic carbocycles. The van der Waals surface area contributed by atoms with Crippen molar-refractivity contribution in [2.75, 3.05) is 30.0 Å². The molecule has 0 bridgehead atoms. The molecule has 4 atom stereocenters. The van der Waals surface area contributed by atoms with Crippen molar-refractivity contribution in [3.05, 3.63) is 18.0 Å². The molecule has 0 radical (unpaired) electrons. The van der Waals surface area contributed by atoms with Crippen molar-refractivity contribution in [2.45, 2.75) is 50.5 Å². The number of rotatable bonds is 7. The molecule has 2 fully saturated rings. The number of hydrogen-bond acceptors (Lipinski definition) is 8. The number of aromatic nitrogens is 2. The molecule has 2 aliphatic rings. The molecule has 2 aliphatic heterocycles. The predicted octanol–water partition coefficient (Wildman–Crippen LogP) is 0.655. The molecule has 0 saturated carbocycles. The Morgan fingerprint density at radius 3 is 2.57 bits per heavy atom. The number of nitrogens with zero attached hydrogens (tertiary/aromatic N) is 2. The Kier molecular flexibility index (Phi) is 6.41. The minimum absolute atomic E-state index is 0.0774. The van der Waals surface area contributed by atoms with Crippen LogP contribution in [0.2, 0.25) is 0 Å². The molecule has 1 amide bonds. The molecule has 1 aromatic heterocycles. The SMILES string of the molecule is CC(C)(C)c1ccnc(N[C@H]2CO[C@H]3[C@@H]2OC[C@@H]3NC(=O)CSCC(=O)O)n1. The lowest BCUT2D eigenvalue weighted by Crippen LogP contribution is -2.45. The van der Waals surface area contributed by atoms with Crippen LogP contribution >= 0.6 is 11.8 Å². The smallest absolute Gasteiger partial charge is 0.313 e. The maximum atomic E-state index is 12.0. The minimum atomic E-state index is -0.937. The van der Waals surface area contributed by atoms with Gasteiger partial charge in [0.1, 0.15) is 12.2 Å². The van der Waals surface area contributed by atoms with E-state index < -0.39 is 5.97 Å². The van der Waals surface area contributed by atoms with Gasteiger partial charge in [-0.15, -0.1) is 11.8 Å². The first kappa shape index (κ1) is 20.8. The Hall–Kier alpha value is -1.91. The van der Waals surface area contributed by atoms with E-state index in [1.807, 2.05) is 6.07 Å². The van der Waals surface area contributed by atoms with Crippen LogP contribution in [-0.4, -0.2) is 76.0 Å². The number of carboxylic acids is 1. The highest BCUT2D eigenvalue weighted by atomic mass is 32.2. The van der Waals surface area contributed by atoms with Crippen LogP contribution in [0.4, 0.5) is 5.95 Å². The third kappa shape index (κ3) is 5.12. The van der Waals surface area contributed by atoms with Crippen molar-refractivity contribution < 1.29 is 24.2 Å². The van der Waals surface area contributed by atoms with Crippen LogP contribution in [0.1, 0.15) is 26.5 Å². The summed E-state index contributed by atoms with van der Waals surface area (Å²) >= 11 is 1.06. The van der Waals surface area contributed by atoms with E-state index in [-0.39, 0.29) is 47.1 Å². The van der Waals surface area contributed by atoms with Crippen molar-refractivity contribution in [2.24, 2.45) is 0 Å². The third-order valence-corrected chi connectivity index (χ3v) is 5.51. The molecule has 28 heavy (non-hydrogen) atoms. The van der Waals surface area contributed by atoms with Gasteiger partial charge in [0.05, 0.1) is 42.5 Å². The molecule has 10 heteroatoms. The lowest BCUT2D eigenvalue weighted by molar-refractivity contribution is -0.133. The number of aliphatic carboxylic acids is 1. The first-order valence-electron chi connectivity index (χ1n) is 9.16. The fourth-order valence-corrected chi connectivity index (χ4v) is 3.78. The van der Waals surface area contributed by atoms with Crippen LogP contribution in [-0.2, 0) is 24.5 Å². The highest BCUT2D eigenvalue weighted by molar-refractivity contribution is 8.00. The van der Waals surface area contributed by atoms with Gasteiger partial charge >= 0.3 is 5.97 Å². The van der Waals surface area contributed by atoms with Crippen LogP contribution < -0.4 is 10.6 Å². The highest BCUT2D eigenvalue weighted by Gasteiger charge is 2.48. The Morgan fingerprint density at radius 1 is 1.21 bits per heavy atom. The molecule has 0 unspecified atom stereocenters. The van der Waals surface area contributed by atoms with E-state index in [1.165, 1.54) is 0 Å². The van der Waals surface area contributed by atoms with Crippen LogP contribution in [0.25, 0.3) is 0 Å². The summed E-state index contributed by atoms with van der Waals surface area (Å²) in [6.07, 6.45) is 1.27. The average molecular weight is 410 g/mol. The number of thioether (sulfide) groups is 1. The fraction of sp³-hybridized carbons (Fsp3) is 0.667. The van der Waals surface area contributed by atoms with E-state index in [4.69, 9.17) is 14.6 Å². The minimum Gasteiger partial charge on any atom is -0.481 e. The van der Waals surface area contributed by atoms with Crippen LogP contribution in [0.3, 0.4) is 0 Å². The zero-order valence-electron chi connectivity index (χ0n) is 16.2. The Labute approximate surface area is 168 Å². The molecule has 0 spiro atoms. The molecule has 2 saturated heterocycles. The van der Waals surface area contributed by atoms with Gasteiger partial charge in [-0.05, 0) is 6.07 Å². The van der Waals surface area contributed by atoms with E-state index in [1.54, 1.807) is 6.20 Å². The van der Waals surface area contributed by atoms with E-state index in [0.717, 1.165) is 17.5 Å². The Bertz CT molecular complexity index is 726.